The van der Waals surface area contributed by atoms with E-state index in [9.17, 15) is 4.79 Å². The lowest BCUT2D eigenvalue weighted by Crippen LogP contribution is -2.39. The molecule has 0 unspecified atom stereocenters. The van der Waals surface area contributed by atoms with E-state index in [4.69, 9.17) is 0 Å². The summed E-state index contributed by atoms with van der Waals surface area (Å²) in [7, 11) is 0. The predicted octanol–water partition coefficient (Wildman–Crippen LogP) is 2.56. The molecule has 0 radical (unpaired) electrons. The molecule has 8 heteroatoms. The van der Waals surface area contributed by atoms with Gasteiger partial charge in [0.25, 0.3) is 5.91 Å². The fraction of sp³-hybridized carbons (Fsp3) is 0.286. The SMILES string of the molecule is O=C(c1cccc(-n2cnnn2)c1)N1CCC(Cn2cnc3ccccc32)CC1. The Hall–Kier alpha value is -3.55. The van der Waals surface area contributed by atoms with Gasteiger partial charge in [-0.2, -0.15) is 0 Å². The molecule has 4 aromatic rings. The monoisotopic (exact) mass is 387 g/mol. The number of fused-ring (bicyclic) bond motifs is 1. The molecule has 0 N–H and O–H groups in total. The van der Waals surface area contributed by atoms with E-state index in [-0.39, 0.29) is 5.91 Å². The first-order chi connectivity index (χ1) is 14.3. The molecule has 1 saturated heterocycles. The molecule has 1 fully saturated rings. The molecule has 3 heterocycles. The molecular formula is C21H21N7O. The smallest absolute Gasteiger partial charge is 0.253 e. The highest BCUT2D eigenvalue weighted by molar-refractivity contribution is 5.94. The number of piperidine rings is 1. The van der Waals surface area contributed by atoms with Crippen LogP contribution in [0.1, 0.15) is 23.2 Å². The number of carbonyl (C=O) groups is 1. The maximum absolute atomic E-state index is 13.0. The number of hydrogen-bond acceptors (Lipinski definition) is 5. The molecule has 1 amide bonds. The summed E-state index contributed by atoms with van der Waals surface area (Å²) in [6, 6.07) is 15.6. The fourth-order valence-electron chi connectivity index (χ4n) is 4.00. The Morgan fingerprint density at radius 2 is 1.90 bits per heavy atom. The summed E-state index contributed by atoms with van der Waals surface area (Å²) >= 11 is 0. The van der Waals surface area contributed by atoms with Crippen molar-refractivity contribution < 1.29 is 4.79 Å². The normalized spacial score (nSPS) is 15.1. The summed E-state index contributed by atoms with van der Waals surface area (Å²) in [4.78, 5) is 19.4. The Morgan fingerprint density at radius 1 is 1.03 bits per heavy atom. The number of amides is 1. The van der Waals surface area contributed by atoms with Crippen molar-refractivity contribution in [1.29, 1.82) is 0 Å². The van der Waals surface area contributed by atoms with Crippen LogP contribution in [-0.4, -0.2) is 53.7 Å². The molecule has 2 aromatic carbocycles. The lowest BCUT2D eigenvalue weighted by Gasteiger charge is -2.32. The van der Waals surface area contributed by atoms with Crippen LogP contribution < -0.4 is 0 Å². The van der Waals surface area contributed by atoms with Gasteiger partial charge in [-0.25, -0.2) is 9.67 Å². The van der Waals surface area contributed by atoms with Crippen LogP contribution >= 0.6 is 0 Å². The molecule has 0 bridgehead atoms. The molecule has 0 saturated carbocycles. The van der Waals surface area contributed by atoms with Crippen molar-refractivity contribution in [3.05, 3.63) is 66.7 Å². The number of likely N-dealkylation sites (tertiary alicyclic amines) is 1. The van der Waals surface area contributed by atoms with E-state index in [1.165, 1.54) is 11.8 Å². The number of benzene rings is 2. The van der Waals surface area contributed by atoms with E-state index in [0.717, 1.165) is 43.7 Å². The van der Waals surface area contributed by atoms with Gasteiger partial charge in [0.2, 0.25) is 0 Å². The third-order valence-electron chi connectivity index (χ3n) is 5.59. The number of rotatable bonds is 4. The van der Waals surface area contributed by atoms with Gasteiger partial charge < -0.3 is 9.47 Å². The van der Waals surface area contributed by atoms with Crippen molar-refractivity contribution in [2.75, 3.05) is 13.1 Å². The van der Waals surface area contributed by atoms with Gasteiger partial charge in [0.15, 0.2) is 0 Å². The highest BCUT2D eigenvalue weighted by Crippen LogP contribution is 2.23. The first-order valence-electron chi connectivity index (χ1n) is 9.80. The number of para-hydroxylation sites is 2. The van der Waals surface area contributed by atoms with Gasteiger partial charge in [0, 0.05) is 25.2 Å². The predicted molar refractivity (Wildman–Crippen MR) is 108 cm³/mol. The first kappa shape index (κ1) is 17.5. The first-order valence-corrected chi connectivity index (χ1v) is 9.80. The molecule has 0 spiro atoms. The van der Waals surface area contributed by atoms with E-state index < -0.39 is 0 Å². The van der Waals surface area contributed by atoms with Crippen LogP contribution in [0.15, 0.2) is 61.2 Å². The number of carbonyl (C=O) groups excluding carboxylic acids is 1. The highest BCUT2D eigenvalue weighted by atomic mass is 16.2. The van der Waals surface area contributed by atoms with Crippen LogP contribution in [0.25, 0.3) is 16.7 Å². The van der Waals surface area contributed by atoms with Crippen LogP contribution in [0.2, 0.25) is 0 Å². The third kappa shape index (κ3) is 3.49. The van der Waals surface area contributed by atoms with Gasteiger partial charge in [0.1, 0.15) is 6.33 Å². The van der Waals surface area contributed by atoms with E-state index in [2.05, 4.69) is 31.1 Å². The molecule has 146 valence electrons. The lowest BCUT2D eigenvalue weighted by molar-refractivity contribution is 0.0683. The zero-order valence-electron chi connectivity index (χ0n) is 15.9. The molecule has 8 nitrogen and oxygen atoms in total. The minimum absolute atomic E-state index is 0.0615. The van der Waals surface area contributed by atoms with E-state index in [1.54, 1.807) is 4.68 Å². The quantitative estimate of drug-likeness (QED) is 0.538. The van der Waals surface area contributed by atoms with Crippen LogP contribution in [0.3, 0.4) is 0 Å². The Morgan fingerprint density at radius 3 is 2.72 bits per heavy atom. The molecule has 0 atom stereocenters. The van der Waals surface area contributed by atoms with E-state index >= 15 is 0 Å². The second kappa shape index (κ2) is 7.46. The molecule has 29 heavy (non-hydrogen) atoms. The second-order valence-electron chi connectivity index (χ2n) is 7.43. The largest absolute Gasteiger partial charge is 0.339 e. The number of nitrogens with zero attached hydrogens (tertiary/aromatic N) is 7. The molecule has 5 rings (SSSR count). The van der Waals surface area contributed by atoms with Crippen LogP contribution in [0.5, 0.6) is 0 Å². The summed E-state index contributed by atoms with van der Waals surface area (Å²) in [5, 5.41) is 11.2. The molecular weight excluding hydrogens is 366 g/mol. The van der Waals surface area contributed by atoms with Gasteiger partial charge in [-0.1, -0.05) is 18.2 Å². The van der Waals surface area contributed by atoms with Crippen LogP contribution in [0.4, 0.5) is 0 Å². The minimum Gasteiger partial charge on any atom is -0.339 e. The average Bonchev–Trinajstić information content (AvgIpc) is 3.45. The summed E-state index contributed by atoms with van der Waals surface area (Å²) < 4.78 is 3.78. The lowest BCUT2D eigenvalue weighted by atomic mass is 9.96. The van der Waals surface area contributed by atoms with Gasteiger partial charge in [-0.05, 0) is 59.5 Å². The summed E-state index contributed by atoms with van der Waals surface area (Å²) in [5.41, 5.74) is 3.65. The van der Waals surface area contributed by atoms with E-state index in [0.29, 0.717) is 11.5 Å². The number of aromatic nitrogens is 6. The summed E-state index contributed by atoms with van der Waals surface area (Å²) in [6.07, 6.45) is 5.43. The molecule has 0 aliphatic carbocycles. The fourth-order valence-corrected chi connectivity index (χ4v) is 4.00. The Kier molecular flexibility index (Phi) is 4.51. The van der Waals surface area contributed by atoms with Crippen molar-refractivity contribution in [3.63, 3.8) is 0 Å². The van der Waals surface area contributed by atoms with E-state index in [1.807, 2.05) is 53.7 Å². The maximum atomic E-state index is 13.0. The van der Waals surface area contributed by atoms with Crippen molar-refractivity contribution in [2.45, 2.75) is 19.4 Å². The second-order valence-corrected chi connectivity index (χ2v) is 7.43. The van der Waals surface area contributed by atoms with Crippen LogP contribution in [0, 0.1) is 5.92 Å². The zero-order chi connectivity index (χ0) is 19.6. The Labute approximate surface area is 167 Å². The minimum atomic E-state index is 0.0615. The number of imidazole rings is 1. The van der Waals surface area contributed by atoms with Crippen molar-refractivity contribution in [2.24, 2.45) is 5.92 Å². The van der Waals surface area contributed by atoms with Crippen LogP contribution in [-0.2, 0) is 6.54 Å². The van der Waals surface area contributed by atoms with Gasteiger partial charge in [0.05, 0.1) is 23.0 Å². The zero-order valence-corrected chi connectivity index (χ0v) is 15.9. The van der Waals surface area contributed by atoms with Crippen molar-refractivity contribution in [1.82, 2.24) is 34.7 Å². The Bertz CT molecular complexity index is 1130. The molecule has 1 aliphatic heterocycles. The summed E-state index contributed by atoms with van der Waals surface area (Å²) in [6.45, 7) is 2.48. The van der Waals surface area contributed by atoms with Gasteiger partial charge in [-0.15, -0.1) is 5.10 Å². The number of tetrazole rings is 1. The Balaban J connectivity index is 1.24. The molecule has 1 aliphatic rings. The average molecular weight is 387 g/mol. The van der Waals surface area contributed by atoms with Crippen molar-refractivity contribution in [3.8, 4) is 5.69 Å². The van der Waals surface area contributed by atoms with Crippen molar-refractivity contribution >= 4 is 16.9 Å². The highest BCUT2D eigenvalue weighted by Gasteiger charge is 2.24. The number of hydrogen-bond donors (Lipinski definition) is 0. The topological polar surface area (TPSA) is 81.7 Å². The molecule has 2 aromatic heterocycles. The maximum Gasteiger partial charge on any atom is 0.253 e. The standard InChI is InChI=1S/C21H21N7O/c29-21(17-4-3-5-18(12-17)28-15-23-24-25-28)26-10-8-16(9-11-26)13-27-14-22-19-6-1-2-7-20(19)27/h1-7,12,14-16H,8-11,13H2. The van der Waals surface area contributed by atoms with Gasteiger partial charge >= 0.3 is 0 Å². The van der Waals surface area contributed by atoms with Gasteiger partial charge in [-0.3, -0.25) is 4.79 Å². The third-order valence-corrected chi connectivity index (χ3v) is 5.59. The summed E-state index contributed by atoms with van der Waals surface area (Å²) in [5.74, 6) is 0.607.